The molecule has 1 unspecified atom stereocenters. The molecule has 0 bridgehead atoms. The second kappa shape index (κ2) is 4.64. The van der Waals surface area contributed by atoms with Crippen LogP contribution in [-0.4, -0.2) is 38.4 Å². The topological polar surface area (TPSA) is 71.2 Å². The summed E-state index contributed by atoms with van der Waals surface area (Å²) >= 11 is 6.19. The van der Waals surface area contributed by atoms with E-state index in [9.17, 15) is 9.90 Å². The quantitative estimate of drug-likeness (QED) is 0.890. The van der Waals surface area contributed by atoms with Crippen molar-refractivity contribution in [2.45, 2.75) is 12.5 Å². The van der Waals surface area contributed by atoms with E-state index in [0.29, 0.717) is 22.9 Å². The fourth-order valence-electron chi connectivity index (χ4n) is 2.12. The molecule has 2 heterocycles. The molecule has 0 spiro atoms. The number of carbonyl (C=O) groups is 1. The lowest BCUT2D eigenvalue weighted by Gasteiger charge is -2.17. The molecule has 0 radical (unpaired) electrons. The number of rotatable bonds is 2. The van der Waals surface area contributed by atoms with Crippen molar-refractivity contribution < 1.29 is 9.90 Å². The van der Waals surface area contributed by atoms with E-state index in [2.05, 4.69) is 10.1 Å². The number of benzene rings is 1. The smallest absolute Gasteiger partial charge is 0.229 e. The molecule has 1 aliphatic rings. The van der Waals surface area contributed by atoms with Crippen LogP contribution in [0.4, 0.5) is 5.69 Å². The van der Waals surface area contributed by atoms with E-state index in [-0.39, 0.29) is 12.3 Å². The molecule has 98 valence electrons. The van der Waals surface area contributed by atoms with Crippen molar-refractivity contribution in [2.75, 3.05) is 11.4 Å². The molecule has 0 saturated carbocycles. The van der Waals surface area contributed by atoms with Crippen LogP contribution in [0.1, 0.15) is 6.42 Å². The van der Waals surface area contributed by atoms with Crippen LogP contribution >= 0.6 is 11.6 Å². The van der Waals surface area contributed by atoms with Crippen LogP contribution in [0.2, 0.25) is 5.02 Å². The summed E-state index contributed by atoms with van der Waals surface area (Å²) in [4.78, 5) is 17.1. The molecule has 1 aromatic heterocycles. The molecule has 6 nitrogen and oxygen atoms in total. The van der Waals surface area contributed by atoms with Gasteiger partial charge in [0.25, 0.3) is 0 Å². The van der Waals surface area contributed by atoms with E-state index in [1.165, 1.54) is 11.2 Å². The third kappa shape index (κ3) is 2.20. The maximum absolute atomic E-state index is 11.7. The SMILES string of the molecule is O=C1CC(O)CN1c1ccc(-n2cncn2)c(Cl)c1. The number of hydrogen-bond donors (Lipinski definition) is 1. The van der Waals surface area contributed by atoms with Gasteiger partial charge in [0.15, 0.2) is 0 Å². The highest BCUT2D eigenvalue weighted by Gasteiger charge is 2.29. The first kappa shape index (κ1) is 12.1. The first-order chi connectivity index (χ1) is 9.15. The van der Waals surface area contributed by atoms with Crippen molar-refractivity contribution in [1.82, 2.24) is 14.8 Å². The van der Waals surface area contributed by atoms with Gasteiger partial charge in [0, 0.05) is 5.69 Å². The second-order valence-electron chi connectivity index (χ2n) is 4.34. The Bertz CT molecular complexity index is 614. The third-order valence-corrected chi connectivity index (χ3v) is 3.32. The molecule has 1 fully saturated rings. The fourth-order valence-corrected chi connectivity index (χ4v) is 2.38. The summed E-state index contributed by atoms with van der Waals surface area (Å²) in [6.45, 7) is 0.303. The van der Waals surface area contributed by atoms with Crippen molar-refractivity contribution in [1.29, 1.82) is 0 Å². The minimum atomic E-state index is -0.610. The Hall–Kier alpha value is -1.92. The molecule has 1 amide bonds. The molecule has 0 aliphatic carbocycles. The normalized spacial score (nSPS) is 19.2. The third-order valence-electron chi connectivity index (χ3n) is 3.01. The number of β-amino-alcohol motifs (C(OH)–C–C–N with tert-alkyl or cyclic N) is 1. The van der Waals surface area contributed by atoms with Gasteiger partial charge in [-0.2, -0.15) is 5.10 Å². The molecule has 1 N–H and O–H groups in total. The number of carbonyl (C=O) groups excluding carboxylic acids is 1. The van der Waals surface area contributed by atoms with Crippen LogP contribution < -0.4 is 4.90 Å². The monoisotopic (exact) mass is 278 g/mol. The Balaban J connectivity index is 1.94. The standard InChI is InChI=1S/C12H11ClN4O2/c13-10-3-8(16-5-9(18)4-12(16)19)1-2-11(10)17-7-14-6-15-17/h1-3,6-7,9,18H,4-5H2. The average molecular weight is 279 g/mol. The summed E-state index contributed by atoms with van der Waals surface area (Å²) in [5, 5.41) is 14.0. The lowest BCUT2D eigenvalue weighted by molar-refractivity contribution is -0.117. The molecule has 1 aliphatic heterocycles. The summed E-state index contributed by atoms with van der Waals surface area (Å²) in [5.41, 5.74) is 1.37. The van der Waals surface area contributed by atoms with Gasteiger partial charge in [-0.05, 0) is 18.2 Å². The van der Waals surface area contributed by atoms with E-state index in [1.54, 1.807) is 29.2 Å². The number of aliphatic hydroxyl groups is 1. The van der Waals surface area contributed by atoms with Gasteiger partial charge in [-0.15, -0.1) is 0 Å². The number of aliphatic hydroxyl groups excluding tert-OH is 1. The Kier molecular flexibility index (Phi) is 2.96. The number of halogens is 1. The van der Waals surface area contributed by atoms with E-state index in [4.69, 9.17) is 11.6 Å². The van der Waals surface area contributed by atoms with Crippen molar-refractivity contribution in [2.24, 2.45) is 0 Å². The maximum atomic E-state index is 11.7. The van der Waals surface area contributed by atoms with Crippen LogP contribution in [0.15, 0.2) is 30.9 Å². The maximum Gasteiger partial charge on any atom is 0.229 e. The van der Waals surface area contributed by atoms with Crippen molar-refractivity contribution in [3.63, 3.8) is 0 Å². The molecule has 7 heteroatoms. The number of hydrogen-bond acceptors (Lipinski definition) is 4. The van der Waals surface area contributed by atoms with E-state index >= 15 is 0 Å². The molecular formula is C12H11ClN4O2. The number of nitrogens with zero attached hydrogens (tertiary/aromatic N) is 4. The first-order valence-electron chi connectivity index (χ1n) is 5.78. The van der Waals surface area contributed by atoms with Gasteiger partial charge in [0.05, 0.1) is 29.8 Å². The van der Waals surface area contributed by atoms with Gasteiger partial charge in [-0.3, -0.25) is 4.79 Å². The predicted molar refractivity (Wildman–Crippen MR) is 69.3 cm³/mol. The number of anilines is 1. The summed E-state index contributed by atoms with van der Waals surface area (Å²) in [7, 11) is 0. The van der Waals surface area contributed by atoms with Gasteiger partial charge in [-0.25, -0.2) is 9.67 Å². The molecule has 1 atom stereocenters. The summed E-state index contributed by atoms with van der Waals surface area (Å²) < 4.78 is 1.55. The highest BCUT2D eigenvalue weighted by molar-refractivity contribution is 6.32. The van der Waals surface area contributed by atoms with Crippen LogP contribution in [0, 0.1) is 0 Å². The Morgan fingerprint density at radius 3 is 2.84 bits per heavy atom. The Morgan fingerprint density at radius 1 is 1.42 bits per heavy atom. The first-order valence-corrected chi connectivity index (χ1v) is 6.16. The molecule has 1 aromatic carbocycles. The van der Waals surface area contributed by atoms with Crippen molar-refractivity contribution in [3.05, 3.63) is 35.9 Å². The fraction of sp³-hybridized carbons (Fsp3) is 0.250. The molecule has 3 rings (SSSR count). The van der Waals surface area contributed by atoms with Gasteiger partial charge in [0.1, 0.15) is 12.7 Å². The second-order valence-corrected chi connectivity index (χ2v) is 4.75. The van der Waals surface area contributed by atoms with E-state index < -0.39 is 6.10 Å². The molecule has 19 heavy (non-hydrogen) atoms. The lowest BCUT2D eigenvalue weighted by Crippen LogP contribution is -2.25. The van der Waals surface area contributed by atoms with Gasteiger partial charge < -0.3 is 10.0 Å². The zero-order valence-corrected chi connectivity index (χ0v) is 10.7. The van der Waals surface area contributed by atoms with Crippen LogP contribution in [0.3, 0.4) is 0 Å². The van der Waals surface area contributed by atoms with Crippen LogP contribution in [0.5, 0.6) is 0 Å². The van der Waals surface area contributed by atoms with Crippen LogP contribution in [-0.2, 0) is 4.79 Å². The van der Waals surface area contributed by atoms with Gasteiger partial charge in [-0.1, -0.05) is 11.6 Å². The van der Waals surface area contributed by atoms with Crippen LogP contribution in [0.25, 0.3) is 5.69 Å². The van der Waals surface area contributed by atoms with Crippen molar-refractivity contribution in [3.8, 4) is 5.69 Å². The van der Waals surface area contributed by atoms with E-state index in [0.717, 1.165) is 0 Å². The highest BCUT2D eigenvalue weighted by atomic mass is 35.5. The minimum Gasteiger partial charge on any atom is -0.391 e. The summed E-state index contributed by atoms with van der Waals surface area (Å²) in [6.07, 6.45) is 2.51. The average Bonchev–Trinajstić information content (AvgIpc) is 2.99. The summed E-state index contributed by atoms with van der Waals surface area (Å²) in [5.74, 6) is -0.0999. The van der Waals surface area contributed by atoms with Gasteiger partial charge >= 0.3 is 0 Å². The molecule has 2 aromatic rings. The number of aromatic nitrogens is 3. The zero-order valence-electron chi connectivity index (χ0n) is 9.90. The Labute approximate surface area is 114 Å². The Morgan fingerprint density at radius 2 is 2.26 bits per heavy atom. The summed E-state index contributed by atoms with van der Waals surface area (Å²) in [6, 6.07) is 5.23. The van der Waals surface area contributed by atoms with E-state index in [1.807, 2.05) is 0 Å². The van der Waals surface area contributed by atoms with Crippen molar-refractivity contribution >= 4 is 23.2 Å². The largest absolute Gasteiger partial charge is 0.391 e. The molecular weight excluding hydrogens is 268 g/mol. The lowest BCUT2D eigenvalue weighted by atomic mass is 10.2. The molecule has 1 saturated heterocycles. The number of amides is 1. The zero-order chi connectivity index (χ0) is 13.4. The predicted octanol–water partition coefficient (Wildman–Crippen LogP) is 1.02. The highest BCUT2D eigenvalue weighted by Crippen LogP contribution is 2.28. The minimum absolute atomic E-state index is 0.0999. The van der Waals surface area contributed by atoms with Gasteiger partial charge in [0.2, 0.25) is 5.91 Å².